The molecule has 6 rings (SSSR count). The van der Waals surface area contributed by atoms with Crippen molar-refractivity contribution in [2.24, 2.45) is 5.73 Å². The zero-order chi connectivity index (χ0) is 41.5. The van der Waals surface area contributed by atoms with Crippen LogP contribution in [0.5, 0.6) is 0 Å². The molecule has 2 saturated heterocycles. The van der Waals surface area contributed by atoms with Gasteiger partial charge in [-0.2, -0.15) is 5.26 Å². The number of carbonyl (C=O) groups excluding carboxylic acids is 4. The number of nitriles is 1. The average molecular weight is 771 g/mol. The number of nitrogens with zero attached hydrogens (tertiary/aromatic N) is 6. The zero-order valence-electron chi connectivity index (χ0n) is 34.2. The van der Waals surface area contributed by atoms with Crippen molar-refractivity contribution in [3.63, 3.8) is 0 Å². The van der Waals surface area contributed by atoms with E-state index in [1.54, 1.807) is 55.1 Å². The van der Waals surface area contributed by atoms with Gasteiger partial charge in [0.2, 0.25) is 0 Å². The van der Waals surface area contributed by atoms with Crippen molar-refractivity contribution >= 4 is 57.4 Å². The number of rotatable bonds is 5. The van der Waals surface area contributed by atoms with Crippen LogP contribution < -0.4 is 15.5 Å². The molecule has 0 atom stereocenters. The maximum atomic E-state index is 12.7. The van der Waals surface area contributed by atoms with Gasteiger partial charge in [-0.25, -0.2) is 14.4 Å². The van der Waals surface area contributed by atoms with E-state index in [4.69, 9.17) is 19.9 Å². The number of aromatic nitrogens is 2. The summed E-state index contributed by atoms with van der Waals surface area (Å²) in [5, 5.41) is 11.3. The lowest BCUT2D eigenvalue weighted by atomic mass is 10.0. The van der Waals surface area contributed by atoms with Crippen LogP contribution in [0.15, 0.2) is 48.8 Å². The normalized spacial score (nSPS) is 14.9. The fourth-order valence-electron chi connectivity index (χ4n) is 6.50. The second-order valence-corrected chi connectivity index (χ2v) is 17.2. The molecule has 3 N–H and O–H groups in total. The number of hydrogen-bond donors (Lipinski definition) is 2. The van der Waals surface area contributed by atoms with Gasteiger partial charge in [0.1, 0.15) is 22.9 Å². The third-order valence-corrected chi connectivity index (χ3v) is 9.38. The zero-order valence-corrected chi connectivity index (χ0v) is 34.2. The third-order valence-electron chi connectivity index (χ3n) is 9.38. The number of hydrogen-bond acceptors (Lipinski definition) is 10. The second kappa shape index (κ2) is 15.3. The fraction of sp³-hybridized carbons (Fsp3) is 0.488. The number of fused-ring (bicyclic) bond motifs is 2. The molecule has 0 spiro atoms. The number of amides is 3. The van der Waals surface area contributed by atoms with Crippen LogP contribution in [0.4, 0.5) is 25.8 Å². The Bertz CT molecular complexity index is 2170. The molecule has 56 heavy (non-hydrogen) atoms. The first-order valence-electron chi connectivity index (χ1n) is 18.6. The summed E-state index contributed by atoms with van der Waals surface area (Å²) >= 11 is 0. The van der Waals surface area contributed by atoms with Crippen molar-refractivity contribution in [2.45, 2.75) is 91.2 Å². The summed E-state index contributed by atoms with van der Waals surface area (Å²) in [7, 11) is 3.94. The second-order valence-electron chi connectivity index (χ2n) is 17.2. The van der Waals surface area contributed by atoms with Crippen LogP contribution >= 0.6 is 0 Å². The fourth-order valence-corrected chi connectivity index (χ4v) is 6.50. The summed E-state index contributed by atoms with van der Waals surface area (Å²) in [6.45, 7) is 18.8. The Hall–Kier alpha value is -5.91. The maximum Gasteiger partial charge on any atom is 0.419 e. The molecular formula is C41H54N8O7. The lowest BCUT2D eigenvalue weighted by molar-refractivity contribution is 0.00762. The van der Waals surface area contributed by atoms with Gasteiger partial charge in [-0.05, 0) is 98.7 Å². The van der Waals surface area contributed by atoms with Crippen molar-refractivity contribution in [1.29, 1.82) is 5.26 Å². The van der Waals surface area contributed by atoms with E-state index < -0.39 is 28.8 Å². The number of carbonyl (C=O) groups is 4. The van der Waals surface area contributed by atoms with Crippen molar-refractivity contribution in [3.8, 4) is 6.07 Å². The Morgan fingerprint density at radius 3 is 1.64 bits per heavy atom. The number of nitrogens with one attached hydrogen (secondary N) is 1. The van der Waals surface area contributed by atoms with Gasteiger partial charge in [0.25, 0.3) is 5.91 Å². The minimum absolute atomic E-state index is 0.105. The molecule has 0 bridgehead atoms. The highest BCUT2D eigenvalue weighted by Crippen LogP contribution is 2.34. The minimum Gasteiger partial charge on any atom is -0.444 e. The smallest absolute Gasteiger partial charge is 0.419 e. The molecule has 0 radical (unpaired) electrons. The molecule has 300 valence electrons. The molecule has 4 heterocycles. The van der Waals surface area contributed by atoms with Crippen molar-refractivity contribution in [1.82, 2.24) is 19.4 Å². The summed E-state index contributed by atoms with van der Waals surface area (Å²) in [5.74, 6) is -0.457. The Morgan fingerprint density at radius 1 is 0.714 bits per heavy atom. The van der Waals surface area contributed by atoms with E-state index in [2.05, 4.69) is 20.9 Å². The van der Waals surface area contributed by atoms with Crippen LogP contribution in [0.3, 0.4) is 0 Å². The molecule has 2 aliphatic heterocycles. The van der Waals surface area contributed by atoms with E-state index in [0.717, 1.165) is 27.7 Å². The van der Waals surface area contributed by atoms with Crippen molar-refractivity contribution < 1.29 is 33.4 Å². The van der Waals surface area contributed by atoms with Crippen LogP contribution in [-0.2, 0) is 14.2 Å². The summed E-state index contributed by atoms with van der Waals surface area (Å²) in [4.78, 5) is 59.2. The molecule has 0 aliphatic carbocycles. The number of likely N-dealkylation sites (N-methyl/N-ethyl adjacent to an activating group) is 2. The topological polar surface area (TPSA) is 179 Å². The Morgan fingerprint density at radius 2 is 1.18 bits per heavy atom. The molecule has 0 unspecified atom stereocenters. The number of ether oxygens (including phenoxy) is 3. The lowest BCUT2D eigenvalue weighted by Gasteiger charge is -2.45. The maximum absolute atomic E-state index is 12.7. The molecule has 2 aromatic carbocycles. The SMILES string of the molecule is CN(c1ccc(C#N)c2c1ccn2C(=O)OC(C)(C)C)C1CN(C(=O)OC(C)(C)C)C1.CN(c1ccc(C(N)=O)c2[nH]ccc12)C1CN(C(=O)OC(C)(C)C)C1. The predicted octanol–water partition coefficient (Wildman–Crippen LogP) is 6.67. The van der Waals surface area contributed by atoms with Gasteiger partial charge in [0, 0.05) is 74.8 Å². The highest BCUT2D eigenvalue weighted by atomic mass is 16.6. The van der Waals surface area contributed by atoms with E-state index in [9.17, 15) is 24.4 Å². The van der Waals surface area contributed by atoms with Crippen molar-refractivity contribution in [3.05, 3.63) is 59.9 Å². The standard InChI is InChI=1S/C23H30N4O4.C18H24N4O3/c1-22(2,3)30-20(28)26-13-16(14-26)25(7)18-9-8-15(12-24)19-17(18)10-11-27(19)21(29)31-23(4,5)6;1-18(2,3)25-17(24)22-9-11(10-22)21(4)14-6-5-13(16(19)23)15-12(14)7-8-20-15/h8-11,16H,13-14H2,1-7H3;5-8,11,20H,9-10H2,1-4H3,(H2,19,23). The quantitative estimate of drug-likeness (QED) is 0.208. The molecule has 15 heteroatoms. The van der Waals surface area contributed by atoms with Crippen LogP contribution in [0.25, 0.3) is 21.8 Å². The summed E-state index contributed by atoms with van der Waals surface area (Å²) in [5.41, 5.74) is 7.76. The first-order valence-corrected chi connectivity index (χ1v) is 18.6. The highest BCUT2D eigenvalue weighted by molar-refractivity contribution is 6.08. The number of likely N-dealkylation sites (tertiary alicyclic amines) is 2. The third kappa shape index (κ3) is 9.13. The van der Waals surface area contributed by atoms with Gasteiger partial charge in [-0.3, -0.25) is 9.36 Å². The first-order chi connectivity index (χ1) is 26.0. The van der Waals surface area contributed by atoms with Gasteiger partial charge < -0.3 is 44.5 Å². The Kier molecular flexibility index (Phi) is 11.3. The van der Waals surface area contributed by atoms with E-state index in [1.807, 2.05) is 79.9 Å². The van der Waals surface area contributed by atoms with Gasteiger partial charge >= 0.3 is 18.3 Å². The molecule has 3 amide bonds. The van der Waals surface area contributed by atoms with E-state index in [1.165, 1.54) is 4.57 Å². The van der Waals surface area contributed by atoms with Crippen LogP contribution in [-0.4, -0.2) is 113 Å². The molecule has 2 aromatic heterocycles. The predicted molar refractivity (Wildman–Crippen MR) is 215 cm³/mol. The van der Waals surface area contributed by atoms with Gasteiger partial charge in [0.15, 0.2) is 0 Å². The van der Waals surface area contributed by atoms with Gasteiger partial charge in [-0.1, -0.05) is 0 Å². The number of benzene rings is 2. The lowest BCUT2D eigenvalue weighted by Crippen LogP contribution is -2.61. The van der Waals surface area contributed by atoms with Gasteiger partial charge in [0.05, 0.1) is 34.2 Å². The monoisotopic (exact) mass is 770 g/mol. The number of primary amides is 1. The van der Waals surface area contributed by atoms with Gasteiger partial charge in [-0.15, -0.1) is 0 Å². The van der Waals surface area contributed by atoms with E-state index in [-0.39, 0.29) is 24.3 Å². The summed E-state index contributed by atoms with van der Waals surface area (Å²) in [6.07, 6.45) is 2.29. The molecule has 2 fully saturated rings. The molecule has 15 nitrogen and oxygen atoms in total. The van der Waals surface area contributed by atoms with Crippen LogP contribution in [0, 0.1) is 11.3 Å². The van der Waals surface area contributed by atoms with E-state index >= 15 is 0 Å². The van der Waals surface area contributed by atoms with Crippen LogP contribution in [0.2, 0.25) is 0 Å². The van der Waals surface area contributed by atoms with E-state index in [0.29, 0.717) is 42.8 Å². The highest BCUT2D eigenvalue weighted by Gasteiger charge is 2.38. The minimum atomic E-state index is -0.647. The molecule has 2 aliphatic rings. The van der Waals surface area contributed by atoms with Crippen molar-refractivity contribution in [2.75, 3.05) is 50.1 Å². The largest absolute Gasteiger partial charge is 0.444 e. The molecule has 0 saturated carbocycles. The number of aromatic amines is 1. The number of nitrogens with two attached hydrogens (primary N) is 1. The summed E-state index contributed by atoms with van der Waals surface area (Å²) < 4.78 is 17.7. The first kappa shape index (κ1) is 41.3. The summed E-state index contributed by atoms with van der Waals surface area (Å²) in [6, 6.07) is 13.4. The Labute approximate surface area is 327 Å². The molecular weight excluding hydrogens is 716 g/mol. The Balaban J connectivity index is 0.000000219. The van der Waals surface area contributed by atoms with Crippen LogP contribution in [0.1, 0.15) is 78.2 Å². The molecule has 4 aromatic rings. The average Bonchev–Trinajstić information content (AvgIpc) is 3.68. The number of H-pyrrole nitrogens is 1. The number of anilines is 2.